The lowest BCUT2D eigenvalue weighted by molar-refractivity contribution is 0.178. The zero-order valence-electron chi connectivity index (χ0n) is 10.4. The molecule has 4 heteroatoms. The standard InChI is InChI=1S/C15H14Cl2O2/c1-19-12-6-7-13(14(17)9-12)15(18)8-10-2-4-11(16)5-3-10/h2-7,9,15,18H,8H2,1H3. The molecule has 0 bridgehead atoms. The van der Waals surface area contributed by atoms with Gasteiger partial charge in [0.1, 0.15) is 5.75 Å². The third kappa shape index (κ3) is 3.63. The van der Waals surface area contributed by atoms with Crippen molar-refractivity contribution in [1.82, 2.24) is 0 Å². The molecule has 2 rings (SSSR count). The van der Waals surface area contributed by atoms with Crippen LogP contribution in [0.1, 0.15) is 17.2 Å². The zero-order chi connectivity index (χ0) is 13.8. The predicted molar refractivity (Wildman–Crippen MR) is 78.1 cm³/mol. The van der Waals surface area contributed by atoms with Crippen LogP contribution < -0.4 is 4.74 Å². The summed E-state index contributed by atoms with van der Waals surface area (Å²) in [6.45, 7) is 0. The van der Waals surface area contributed by atoms with Crippen LogP contribution in [-0.2, 0) is 6.42 Å². The first-order chi connectivity index (χ1) is 9.10. The second-order valence-corrected chi connectivity index (χ2v) is 5.08. The topological polar surface area (TPSA) is 29.5 Å². The van der Waals surface area contributed by atoms with E-state index in [-0.39, 0.29) is 0 Å². The van der Waals surface area contributed by atoms with E-state index < -0.39 is 6.10 Å². The second-order valence-electron chi connectivity index (χ2n) is 4.23. The fraction of sp³-hybridized carbons (Fsp3) is 0.200. The highest BCUT2D eigenvalue weighted by molar-refractivity contribution is 6.31. The van der Waals surface area contributed by atoms with E-state index in [0.717, 1.165) is 5.56 Å². The molecule has 1 N–H and O–H groups in total. The summed E-state index contributed by atoms with van der Waals surface area (Å²) >= 11 is 12.0. The summed E-state index contributed by atoms with van der Waals surface area (Å²) in [5, 5.41) is 11.4. The van der Waals surface area contributed by atoms with Crippen LogP contribution in [0.5, 0.6) is 5.75 Å². The lowest BCUT2D eigenvalue weighted by Gasteiger charge is -2.13. The number of benzene rings is 2. The van der Waals surface area contributed by atoms with Gasteiger partial charge in [-0.25, -0.2) is 0 Å². The summed E-state index contributed by atoms with van der Waals surface area (Å²) in [6, 6.07) is 12.7. The minimum atomic E-state index is -0.653. The average molecular weight is 297 g/mol. The normalized spacial score (nSPS) is 12.2. The molecule has 2 nitrogen and oxygen atoms in total. The van der Waals surface area contributed by atoms with Crippen molar-refractivity contribution in [2.45, 2.75) is 12.5 Å². The Morgan fingerprint density at radius 3 is 2.37 bits per heavy atom. The monoisotopic (exact) mass is 296 g/mol. The molecule has 0 aliphatic carbocycles. The van der Waals surface area contributed by atoms with Crippen molar-refractivity contribution in [2.75, 3.05) is 7.11 Å². The molecule has 0 aromatic heterocycles. The van der Waals surface area contributed by atoms with Gasteiger partial charge in [-0.3, -0.25) is 0 Å². The first-order valence-electron chi connectivity index (χ1n) is 5.86. The summed E-state index contributed by atoms with van der Waals surface area (Å²) in [5.74, 6) is 0.674. The van der Waals surface area contributed by atoms with Gasteiger partial charge in [0.15, 0.2) is 0 Å². The number of methoxy groups -OCH3 is 1. The number of ether oxygens (including phenoxy) is 1. The molecule has 0 aliphatic heterocycles. The Kier molecular flexibility index (Phi) is 4.70. The Morgan fingerprint density at radius 1 is 1.11 bits per heavy atom. The summed E-state index contributed by atoms with van der Waals surface area (Å²) < 4.78 is 5.08. The van der Waals surface area contributed by atoms with E-state index in [1.807, 2.05) is 12.1 Å². The van der Waals surface area contributed by atoms with E-state index in [1.165, 1.54) is 0 Å². The van der Waals surface area contributed by atoms with Gasteiger partial charge in [-0.15, -0.1) is 0 Å². The van der Waals surface area contributed by atoms with Gasteiger partial charge in [-0.05, 0) is 35.4 Å². The van der Waals surface area contributed by atoms with Crippen LogP contribution in [0.15, 0.2) is 42.5 Å². The van der Waals surface area contributed by atoms with Crippen LogP contribution in [-0.4, -0.2) is 12.2 Å². The van der Waals surface area contributed by atoms with Crippen molar-refractivity contribution in [1.29, 1.82) is 0 Å². The maximum absolute atomic E-state index is 10.2. The van der Waals surface area contributed by atoms with Gasteiger partial charge in [0.25, 0.3) is 0 Å². The molecule has 0 heterocycles. The molecule has 2 aromatic rings. The van der Waals surface area contributed by atoms with Crippen molar-refractivity contribution in [3.63, 3.8) is 0 Å². The Morgan fingerprint density at radius 2 is 1.79 bits per heavy atom. The van der Waals surface area contributed by atoms with Gasteiger partial charge in [-0.1, -0.05) is 41.4 Å². The van der Waals surface area contributed by atoms with Gasteiger partial charge < -0.3 is 9.84 Å². The third-order valence-corrected chi connectivity index (χ3v) is 3.49. The first kappa shape index (κ1) is 14.2. The predicted octanol–water partition coefficient (Wildman–Crippen LogP) is 4.28. The van der Waals surface area contributed by atoms with E-state index in [9.17, 15) is 5.11 Å². The van der Waals surface area contributed by atoms with E-state index in [1.54, 1.807) is 37.4 Å². The fourth-order valence-electron chi connectivity index (χ4n) is 1.86. The lowest BCUT2D eigenvalue weighted by atomic mass is 10.0. The first-order valence-corrected chi connectivity index (χ1v) is 6.61. The van der Waals surface area contributed by atoms with Crippen LogP contribution in [0, 0.1) is 0 Å². The van der Waals surface area contributed by atoms with Crippen LogP contribution in [0.4, 0.5) is 0 Å². The summed E-state index contributed by atoms with van der Waals surface area (Å²) in [5.41, 5.74) is 1.70. The molecule has 0 aliphatic rings. The van der Waals surface area contributed by atoms with Crippen LogP contribution in [0.3, 0.4) is 0 Å². The molecule has 100 valence electrons. The van der Waals surface area contributed by atoms with Gasteiger partial charge in [0.05, 0.1) is 18.2 Å². The maximum atomic E-state index is 10.2. The van der Waals surface area contributed by atoms with Crippen molar-refractivity contribution < 1.29 is 9.84 Å². The summed E-state index contributed by atoms with van der Waals surface area (Å²) in [7, 11) is 1.58. The molecule has 0 amide bonds. The summed E-state index contributed by atoms with van der Waals surface area (Å²) in [4.78, 5) is 0. The number of hydrogen-bond acceptors (Lipinski definition) is 2. The zero-order valence-corrected chi connectivity index (χ0v) is 11.9. The molecule has 1 atom stereocenters. The lowest BCUT2D eigenvalue weighted by Crippen LogP contribution is -2.02. The Labute approximate surface area is 122 Å². The highest BCUT2D eigenvalue weighted by atomic mass is 35.5. The smallest absolute Gasteiger partial charge is 0.120 e. The van der Waals surface area contributed by atoms with E-state index in [0.29, 0.717) is 27.8 Å². The molecular weight excluding hydrogens is 283 g/mol. The van der Waals surface area contributed by atoms with Crippen molar-refractivity contribution in [3.05, 3.63) is 63.6 Å². The Bertz CT molecular complexity index is 553. The molecular formula is C15H14Cl2O2. The molecule has 1 unspecified atom stereocenters. The highest BCUT2D eigenvalue weighted by Crippen LogP contribution is 2.29. The number of halogens is 2. The van der Waals surface area contributed by atoms with E-state index >= 15 is 0 Å². The molecule has 0 fully saturated rings. The molecule has 0 saturated carbocycles. The van der Waals surface area contributed by atoms with Gasteiger partial charge in [0, 0.05) is 11.4 Å². The van der Waals surface area contributed by atoms with Crippen molar-refractivity contribution in [2.24, 2.45) is 0 Å². The molecule has 19 heavy (non-hydrogen) atoms. The maximum Gasteiger partial charge on any atom is 0.120 e. The largest absolute Gasteiger partial charge is 0.497 e. The van der Waals surface area contributed by atoms with Crippen molar-refractivity contribution >= 4 is 23.2 Å². The number of rotatable bonds is 4. The van der Waals surface area contributed by atoms with Crippen LogP contribution >= 0.6 is 23.2 Å². The van der Waals surface area contributed by atoms with E-state index in [2.05, 4.69) is 0 Å². The summed E-state index contributed by atoms with van der Waals surface area (Å²) in [6.07, 6.45) is -0.164. The van der Waals surface area contributed by atoms with Crippen LogP contribution in [0.25, 0.3) is 0 Å². The van der Waals surface area contributed by atoms with E-state index in [4.69, 9.17) is 27.9 Å². The van der Waals surface area contributed by atoms with Crippen LogP contribution in [0.2, 0.25) is 10.0 Å². The SMILES string of the molecule is COc1ccc(C(O)Cc2ccc(Cl)cc2)c(Cl)c1. The molecule has 0 spiro atoms. The third-order valence-electron chi connectivity index (χ3n) is 2.91. The van der Waals surface area contributed by atoms with Gasteiger partial charge in [0.2, 0.25) is 0 Å². The number of aliphatic hydroxyl groups is 1. The molecule has 0 saturated heterocycles. The molecule has 0 radical (unpaired) electrons. The average Bonchev–Trinajstić information content (AvgIpc) is 2.41. The Balaban J connectivity index is 2.15. The fourth-order valence-corrected chi connectivity index (χ4v) is 2.28. The number of hydrogen-bond donors (Lipinski definition) is 1. The second kappa shape index (κ2) is 6.29. The highest BCUT2D eigenvalue weighted by Gasteiger charge is 2.13. The quantitative estimate of drug-likeness (QED) is 0.912. The van der Waals surface area contributed by atoms with Crippen molar-refractivity contribution in [3.8, 4) is 5.75 Å². The minimum absolute atomic E-state index is 0.489. The number of aliphatic hydroxyl groups excluding tert-OH is 1. The Hall–Kier alpha value is -1.22. The minimum Gasteiger partial charge on any atom is -0.497 e. The molecule has 2 aromatic carbocycles. The van der Waals surface area contributed by atoms with Gasteiger partial charge >= 0.3 is 0 Å². The van der Waals surface area contributed by atoms with Gasteiger partial charge in [-0.2, -0.15) is 0 Å².